The molecule has 0 aliphatic rings. The third-order valence-electron chi connectivity index (χ3n) is 15.8. The molecule has 3 atom stereocenters. The predicted molar refractivity (Wildman–Crippen MR) is 296 cm³/mol. The van der Waals surface area contributed by atoms with Crippen molar-refractivity contribution in [3.63, 3.8) is 0 Å². The summed E-state index contributed by atoms with van der Waals surface area (Å²) in [6.07, 6.45) is 61.4. The first-order valence-electron chi connectivity index (χ1n) is 31.0. The molecule has 0 aromatic heterocycles. The van der Waals surface area contributed by atoms with Crippen LogP contribution in [0.2, 0.25) is 0 Å². The Labute approximate surface area is 413 Å². The molecule has 0 saturated heterocycles. The van der Waals surface area contributed by atoms with Crippen molar-refractivity contribution in [2.75, 3.05) is 26.2 Å². The highest BCUT2D eigenvalue weighted by molar-refractivity contribution is 5.76. The number of hydrogen-bond acceptors (Lipinski definition) is 2. The Bertz CT molecular complexity index is 890. The molecule has 0 aromatic rings. The van der Waals surface area contributed by atoms with Crippen LogP contribution in [0.3, 0.4) is 0 Å². The van der Waals surface area contributed by atoms with E-state index in [1.165, 1.54) is 270 Å². The summed E-state index contributed by atoms with van der Waals surface area (Å²) in [6.45, 7) is 23.1. The molecule has 1 amide bonds. The molecule has 0 spiro atoms. The summed E-state index contributed by atoms with van der Waals surface area (Å²) in [5, 5.41) is 0. The molecule has 0 fully saturated rings. The van der Waals surface area contributed by atoms with Gasteiger partial charge in [0.15, 0.2) is 0 Å². The van der Waals surface area contributed by atoms with Crippen molar-refractivity contribution in [3.05, 3.63) is 0 Å². The second-order valence-electron chi connectivity index (χ2n) is 21.9. The van der Waals surface area contributed by atoms with Gasteiger partial charge in [0, 0.05) is 19.0 Å². The highest BCUT2D eigenvalue weighted by Gasteiger charge is 2.24. The maximum absolute atomic E-state index is 14.2. The highest BCUT2D eigenvalue weighted by atomic mass is 16.2. The van der Waals surface area contributed by atoms with Gasteiger partial charge in [0.1, 0.15) is 0 Å². The zero-order valence-electron chi connectivity index (χ0n) is 46.8. The van der Waals surface area contributed by atoms with Gasteiger partial charge in [0.25, 0.3) is 0 Å². The average molecular weight is 916 g/mol. The molecule has 390 valence electrons. The zero-order valence-corrected chi connectivity index (χ0v) is 46.8. The molecule has 0 aliphatic heterocycles. The van der Waals surface area contributed by atoms with Gasteiger partial charge in [-0.2, -0.15) is 0 Å². The van der Waals surface area contributed by atoms with Gasteiger partial charge in [-0.1, -0.05) is 293 Å². The van der Waals surface area contributed by atoms with Crippen LogP contribution in [0.15, 0.2) is 0 Å². The number of rotatable bonds is 54. The van der Waals surface area contributed by atoms with Crippen molar-refractivity contribution in [1.82, 2.24) is 9.80 Å². The number of unbranched alkanes of at least 4 members (excludes halogenated alkanes) is 27. The average Bonchev–Trinajstić information content (AvgIpc) is 3.31. The van der Waals surface area contributed by atoms with Crippen LogP contribution < -0.4 is 0 Å². The number of nitrogens with zero attached hydrogens (tertiary/aromatic N) is 2. The van der Waals surface area contributed by atoms with Crippen LogP contribution in [0.5, 0.6) is 0 Å². The molecule has 3 nitrogen and oxygen atoms in total. The van der Waals surface area contributed by atoms with E-state index in [1.54, 1.807) is 0 Å². The van der Waals surface area contributed by atoms with E-state index in [0.29, 0.717) is 11.9 Å². The van der Waals surface area contributed by atoms with Crippen LogP contribution in [0.25, 0.3) is 0 Å². The van der Waals surface area contributed by atoms with E-state index in [1.807, 2.05) is 0 Å². The van der Waals surface area contributed by atoms with E-state index < -0.39 is 0 Å². The molecule has 65 heavy (non-hydrogen) atoms. The summed E-state index contributed by atoms with van der Waals surface area (Å²) in [5.41, 5.74) is 0. The number of hydrogen-bond donors (Lipinski definition) is 0. The Hall–Kier alpha value is -0.570. The van der Waals surface area contributed by atoms with E-state index in [0.717, 1.165) is 63.2 Å². The third-order valence-corrected chi connectivity index (χ3v) is 15.8. The first-order chi connectivity index (χ1) is 31.9. The number of amides is 1. The van der Waals surface area contributed by atoms with Crippen molar-refractivity contribution in [3.8, 4) is 0 Å². The van der Waals surface area contributed by atoms with Crippen molar-refractivity contribution in [1.29, 1.82) is 0 Å². The van der Waals surface area contributed by atoms with E-state index >= 15 is 0 Å². The molecule has 3 heteroatoms. The minimum atomic E-state index is 0.455. The Kier molecular flexibility index (Phi) is 50.8. The van der Waals surface area contributed by atoms with Gasteiger partial charge in [-0.05, 0) is 82.3 Å². The normalized spacial score (nSPS) is 13.7. The standard InChI is InChI=1S/C62H126N2O/c1-9-17-23-27-29-33-37-44-55-64(62(65)53-43-45-54-63(15-7)16-8)61(51-41-35-30-28-24-18-10-2)52-42-36-32-31-34-40-50-60(56-58(46-21-13-5)48-38-25-19-11-3)57-59(47-22-14-6)49-39-26-20-12-4/h58-61H,9-57H2,1-8H3. The van der Waals surface area contributed by atoms with Crippen LogP contribution >= 0.6 is 0 Å². The van der Waals surface area contributed by atoms with Crippen LogP contribution in [-0.2, 0) is 4.79 Å². The van der Waals surface area contributed by atoms with E-state index in [4.69, 9.17) is 0 Å². The summed E-state index contributed by atoms with van der Waals surface area (Å²) in [5.74, 6) is 3.36. The Morgan fingerprint density at radius 3 is 1.02 bits per heavy atom. The topological polar surface area (TPSA) is 23.6 Å². The number of carbonyl (C=O) groups excluding carboxylic acids is 1. The van der Waals surface area contributed by atoms with Gasteiger partial charge >= 0.3 is 0 Å². The van der Waals surface area contributed by atoms with Crippen molar-refractivity contribution >= 4 is 5.91 Å². The molecule has 0 radical (unpaired) electrons. The van der Waals surface area contributed by atoms with Gasteiger partial charge in [0.2, 0.25) is 5.91 Å². The van der Waals surface area contributed by atoms with Crippen LogP contribution in [0, 0.1) is 17.8 Å². The van der Waals surface area contributed by atoms with E-state index in [2.05, 4.69) is 65.2 Å². The second-order valence-corrected chi connectivity index (χ2v) is 21.9. The summed E-state index contributed by atoms with van der Waals surface area (Å²) in [7, 11) is 0. The Morgan fingerprint density at radius 1 is 0.308 bits per heavy atom. The van der Waals surface area contributed by atoms with Crippen molar-refractivity contribution in [2.24, 2.45) is 17.8 Å². The fraction of sp³-hybridized carbons (Fsp3) is 0.984. The fourth-order valence-corrected chi connectivity index (χ4v) is 11.3. The summed E-state index contributed by atoms with van der Waals surface area (Å²) in [6, 6.07) is 0.455. The third kappa shape index (κ3) is 41.0. The Balaban J connectivity index is 5.59. The Morgan fingerprint density at radius 2 is 0.615 bits per heavy atom. The maximum Gasteiger partial charge on any atom is 0.222 e. The lowest BCUT2D eigenvalue weighted by Crippen LogP contribution is -2.41. The molecule has 0 aromatic carbocycles. The lowest BCUT2D eigenvalue weighted by molar-refractivity contribution is -0.134. The molecule has 0 saturated carbocycles. The van der Waals surface area contributed by atoms with Crippen LogP contribution in [-0.4, -0.2) is 47.9 Å². The smallest absolute Gasteiger partial charge is 0.222 e. The number of carbonyl (C=O) groups is 1. The molecule has 0 bridgehead atoms. The minimum absolute atomic E-state index is 0.455. The van der Waals surface area contributed by atoms with Gasteiger partial charge in [0.05, 0.1) is 0 Å². The summed E-state index contributed by atoms with van der Waals surface area (Å²) < 4.78 is 0. The van der Waals surface area contributed by atoms with Crippen LogP contribution in [0.4, 0.5) is 0 Å². The lowest BCUT2D eigenvalue weighted by atomic mass is 9.78. The van der Waals surface area contributed by atoms with Gasteiger partial charge in [-0.15, -0.1) is 0 Å². The van der Waals surface area contributed by atoms with Gasteiger partial charge < -0.3 is 9.80 Å². The lowest BCUT2D eigenvalue weighted by Gasteiger charge is -2.33. The molecule has 3 unspecified atom stereocenters. The SMILES string of the molecule is CCCCCCCCCCN(C(=O)CCCCN(CC)CC)C(CCCCCCCCC)CCCCCCCCC(CC(CCCC)CCCCCC)CC(CCCC)CCCCCC. The predicted octanol–water partition coefficient (Wildman–Crippen LogP) is 21.0. The molecule has 0 rings (SSSR count). The quantitative estimate of drug-likeness (QED) is 0.0568. The van der Waals surface area contributed by atoms with Gasteiger partial charge in [-0.3, -0.25) is 4.79 Å². The molecule has 0 aliphatic carbocycles. The first kappa shape index (κ1) is 64.4. The van der Waals surface area contributed by atoms with Crippen molar-refractivity contribution in [2.45, 2.75) is 350 Å². The fourth-order valence-electron chi connectivity index (χ4n) is 11.3. The summed E-state index contributed by atoms with van der Waals surface area (Å²) >= 11 is 0. The first-order valence-corrected chi connectivity index (χ1v) is 31.0. The zero-order chi connectivity index (χ0) is 47.7. The largest absolute Gasteiger partial charge is 0.340 e. The maximum atomic E-state index is 14.2. The van der Waals surface area contributed by atoms with E-state index in [-0.39, 0.29) is 0 Å². The molecule has 0 heterocycles. The summed E-state index contributed by atoms with van der Waals surface area (Å²) in [4.78, 5) is 19.2. The van der Waals surface area contributed by atoms with Crippen molar-refractivity contribution < 1.29 is 4.79 Å². The molecular formula is C62H126N2O. The highest BCUT2D eigenvalue weighted by Crippen LogP contribution is 2.34. The van der Waals surface area contributed by atoms with E-state index in [9.17, 15) is 4.79 Å². The molecule has 0 N–H and O–H groups in total. The van der Waals surface area contributed by atoms with Gasteiger partial charge in [-0.25, -0.2) is 0 Å². The van der Waals surface area contributed by atoms with Crippen LogP contribution in [0.1, 0.15) is 344 Å². The second kappa shape index (κ2) is 51.3. The monoisotopic (exact) mass is 915 g/mol. The minimum Gasteiger partial charge on any atom is -0.340 e. The molecular weight excluding hydrogens is 789 g/mol.